The topological polar surface area (TPSA) is 56.4 Å². The maximum absolute atomic E-state index is 12.3. The Hall–Kier alpha value is -2.28. The van der Waals surface area contributed by atoms with E-state index in [4.69, 9.17) is 21.1 Å². The van der Waals surface area contributed by atoms with Crippen LogP contribution in [0, 0.1) is 0 Å². The minimum Gasteiger partial charge on any atom is -0.493 e. The smallest absolute Gasteiger partial charge is 0.279 e. The molecule has 2 aromatic rings. The van der Waals surface area contributed by atoms with E-state index >= 15 is 0 Å². The fraction of sp³-hybridized carbons (Fsp3) is 0.381. The third kappa shape index (κ3) is 5.38. The molecule has 1 aliphatic rings. The molecule has 0 aliphatic carbocycles. The molecule has 1 heterocycles. The zero-order chi connectivity index (χ0) is 19.9. The lowest BCUT2D eigenvalue weighted by Gasteiger charge is -2.29. The molecule has 2 aromatic carbocycles. The molecule has 0 spiro atoms. The normalized spacial score (nSPS) is 19.1. The Morgan fingerprint density at radius 3 is 2.36 bits per heavy atom. The fourth-order valence-corrected chi connectivity index (χ4v) is 3.76. The minimum absolute atomic E-state index is 0.00596. The van der Waals surface area contributed by atoms with Crippen molar-refractivity contribution in [2.45, 2.75) is 6.54 Å². The summed E-state index contributed by atoms with van der Waals surface area (Å²) in [5.41, 5.74) is 1.90. The third-order valence-corrected chi connectivity index (χ3v) is 5.45. The van der Waals surface area contributed by atoms with E-state index in [1.54, 1.807) is 20.3 Å². The molecule has 6 nitrogen and oxygen atoms in total. The van der Waals surface area contributed by atoms with E-state index in [1.165, 1.54) is 15.4 Å². The summed E-state index contributed by atoms with van der Waals surface area (Å²) < 4.78 is 10.7. The largest absolute Gasteiger partial charge is 0.493 e. The van der Waals surface area contributed by atoms with Crippen molar-refractivity contribution in [1.82, 2.24) is 0 Å². The summed E-state index contributed by atoms with van der Waals surface area (Å²) in [7, 11) is 3.30. The molecule has 0 saturated carbocycles. The Bertz CT molecular complexity index is 807. The molecule has 3 rings (SSSR count). The van der Waals surface area contributed by atoms with Crippen molar-refractivity contribution in [3.63, 3.8) is 0 Å². The molecule has 0 unspecified atom stereocenters. The highest BCUT2D eigenvalue weighted by atomic mass is 35.5. The zero-order valence-electron chi connectivity index (χ0n) is 16.4. The number of rotatable bonds is 7. The van der Waals surface area contributed by atoms with Gasteiger partial charge in [-0.1, -0.05) is 23.7 Å². The van der Waals surface area contributed by atoms with Crippen LogP contribution in [0.3, 0.4) is 0 Å². The molecular weight excluding hydrogens is 378 g/mol. The average molecular weight is 406 g/mol. The number of nitrogens with one attached hydrogen (secondary N) is 3. The number of carbonyl (C=O) groups is 1. The molecule has 0 atom stereocenters. The van der Waals surface area contributed by atoms with E-state index < -0.39 is 0 Å². The highest BCUT2D eigenvalue weighted by Gasteiger charge is 2.25. The van der Waals surface area contributed by atoms with Gasteiger partial charge in [0.2, 0.25) is 0 Å². The van der Waals surface area contributed by atoms with Crippen LogP contribution in [0.5, 0.6) is 11.5 Å². The van der Waals surface area contributed by atoms with E-state index in [0.717, 1.165) is 44.2 Å². The number of piperazine rings is 1. The van der Waals surface area contributed by atoms with E-state index in [9.17, 15) is 4.79 Å². The number of amides is 1. The van der Waals surface area contributed by atoms with Gasteiger partial charge in [0, 0.05) is 5.56 Å². The van der Waals surface area contributed by atoms with Crippen molar-refractivity contribution in [3.05, 3.63) is 53.1 Å². The van der Waals surface area contributed by atoms with Crippen molar-refractivity contribution >= 4 is 23.2 Å². The van der Waals surface area contributed by atoms with Gasteiger partial charge >= 0.3 is 0 Å². The Balaban J connectivity index is 1.47. The van der Waals surface area contributed by atoms with Gasteiger partial charge < -0.3 is 24.6 Å². The van der Waals surface area contributed by atoms with Crippen LogP contribution in [0.15, 0.2) is 42.5 Å². The highest BCUT2D eigenvalue weighted by molar-refractivity contribution is 6.33. The van der Waals surface area contributed by atoms with Gasteiger partial charge in [0.1, 0.15) is 32.7 Å². The van der Waals surface area contributed by atoms with Gasteiger partial charge in [-0.05, 0) is 30.3 Å². The van der Waals surface area contributed by atoms with Crippen molar-refractivity contribution in [2.75, 3.05) is 52.3 Å². The van der Waals surface area contributed by atoms with E-state index in [1.807, 2.05) is 30.3 Å². The van der Waals surface area contributed by atoms with E-state index in [-0.39, 0.29) is 5.91 Å². The summed E-state index contributed by atoms with van der Waals surface area (Å²) in [6, 6.07) is 13.4. The van der Waals surface area contributed by atoms with Crippen molar-refractivity contribution < 1.29 is 24.1 Å². The Morgan fingerprint density at radius 1 is 1.00 bits per heavy atom. The quantitative estimate of drug-likeness (QED) is 0.620. The first-order valence-corrected chi connectivity index (χ1v) is 9.89. The van der Waals surface area contributed by atoms with Gasteiger partial charge in [0.25, 0.3) is 5.91 Å². The maximum Gasteiger partial charge on any atom is 0.279 e. The van der Waals surface area contributed by atoms with Crippen LogP contribution in [0.4, 0.5) is 5.69 Å². The molecule has 7 heteroatoms. The van der Waals surface area contributed by atoms with Gasteiger partial charge in [-0.3, -0.25) is 4.79 Å². The van der Waals surface area contributed by atoms with Gasteiger partial charge in [-0.15, -0.1) is 0 Å². The lowest BCUT2D eigenvalue weighted by molar-refractivity contribution is -1.02. The Kier molecular flexibility index (Phi) is 7.14. The van der Waals surface area contributed by atoms with Crippen LogP contribution in [0.1, 0.15) is 5.56 Å². The zero-order valence-corrected chi connectivity index (χ0v) is 17.1. The molecule has 0 bridgehead atoms. The second kappa shape index (κ2) is 9.78. The summed E-state index contributed by atoms with van der Waals surface area (Å²) in [5, 5.41) is 3.47. The van der Waals surface area contributed by atoms with Crippen molar-refractivity contribution in [1.29, 1.82) is 0 Å². The number of anilines is 1. The molecule has 1 amide bonds. The Morgan fingerprint density at radius 2 is 1.68 bits per heavy atom. The van der Waals surface area contributed by atoms with Gasteiger partial charge in [-0.2, -0.15) is 0 Å². The number of methoxy groups -OCH3 is 2. The molecule has 1 saturated heterocycles. The second-order valence-corrected chi connectivity index (χ2v) is 7.48. The summed E-state index contributed by atoms with van der Waals surface area (Å²) >= 11 is 6.11. The van der Waals surface area contributed by atoms with Crippen molar-refractivity contribution in [3.8, 4) is 11.5 Å². The number of quaternary nitrogens is 2. The first-order chi connectivity index (χ1) is 13.6. The minimum atomic E-state index is 0.00596. The fourth-order valence-electron chi connectivity index (χ4n) is 3.57. The summed E-state index contributed by atoms with van der Waals surface area (Å²) in [4.78, 5) is 15.1. The molecule has 1 aliphatic heterocycles. The van der Waals surface area contributed by atoms with Gasteiger partial charge in [-0.25, -0.2) is 0 Å². The predicted octanol–water partition coefficient (Wildman–Crippen LogP) is 0.279. The lowest BCUT2D eigenvalue weighted by atomic mass is 10.1. The average Bonchev–Trinajstić information content (AvgIpc) is 2.71. The predicted molar refractivity (Wildman–Crippen MR) is 110 cm³/mol. The van der Waals surface area contributed by atoms with Crippen LogP contribution in [0.25, 0.3) is 0 Å². The van der Waals surface area contributed by atoms with Crippen molar-refractivity contribution in [2.24, 2.45) is 0 Å². The first kappa shape index (κ1) is 20.5. The third-order valence-electron chi connectivity index (χ3n) is 5.12. The number of carbonyl (C=O) groups excluding carboxylic acids is 1. The lowest BCUT2D eigenvalue weighted by Crippen LogP contribution is -3.28. The number of ether oxygens (including phenoxy) is 2. The number of hydrogen-bond acceptors (Lipinski definition) is 3. The monoisotopic (exact) mass is 405 g/mol. The first-order valence-electron chi connectivity index (χ1n) is 9.51. The SMILES string of the molecule is COc1ccc(C[NH+]2CC[NH+](CC(=O)Nc3ccccc3Cl)CC2)cc1OC. The molecule has 150 valence electrons. The van der Waals surface area contributed by atoms with Crippen LogP contribution in [-0.2, 0) is 11.3 Å². The molecule has 1 fully saturated rings. The number of benzene rings is 2. The standard InChI is InChI=1S/C21H26ClN3O3/c1-27-19-8-7-16(13-20(19)28-2)14-24-9-11-25(12-10-24)15-21(26)23-18-6-4-3-5-17(18)22/h3-8,13H,9-12,14-15H2,1-2H3,(H,23,26)/p+2. The van der Waals surface area contributed by atoms with Crippen LogP contribution in [-0.4, -0.2) is 52.9 Å². The highest BCUT2D eigenvalue weighted by Crippen LogP contribution is 2.27. The van der Waals surface area contributed by atoms with Gasteiger partial charge in [0.15, 0.2) is 18.0 Å². The van der Waals surface area contributed by atoms with E-state index in [2.05, 4.69) is 11.4 Å². The van der Waals surface area contributed by atoms with Crippen LogP contribution in [0.2, 0.25) is 5.02 Å². The van der Waals surface area contributed by atoms with Crippen LogP contribution >= 0.6 is 11.6 Å². The second-order valence-electron chi connectivity index (χ2n) is 7.07. The summed E-state index contributed by atoms with van der Waals surface area (Å²) in [6.07, 6.45) is 0. The number of halogens is 1. The van der Waals surface area contributed by atoms with Gasteiger partial charge in [0.05, 0.1) is 24.9 Å². The molecule has 28 heavy (non-hydrogen) atoms. The van der Waals surface area contributed by atoms with E-state index in [0.29, 0.717) is 17.3 Å². The molecule has 0 radical (unpaired) electrons. The number of para-hydroxylation sites is 1. The summed E-state index contributed by atoms with van der Waals surface area (Å²) in [5.74, 6) is 1.52. The van der Waals surface area contributed by atoms with Crippen LogP contribution < -0.4 is 24.6 Å². The number of hydrogen-bond donors (Lipinski definition) is 3. The maximum atomic E-state index is 12.3. The molecular formula is C21H28ClN3O3+2. The summed E-state index contributed by atoms with van der Waals surface area (Å²) in [6.45, 7) is 5.41. The molecule has 3 N–H and O–H groups in total. The Labute approximate surface area is 171 Å². The molecule has 0 aromatic heterocycles.